The minimum absolute atomic E-state index is 0.192. The second kappa shape index (κ2) is 7.82. The Balaban J connectivity index is 2.12. The molecule has 142 valence electrons. The predicted molar refractivity (Wildman–Crippen MR) is 109 cm³/mol. The number of rotatable bonds is 3. The van der Waals surface area contributed by atoms with Crippen LogP contribution in [0.25, 0.3) is 10.8 Å². The summed E-state index contributed by atoms with van der Waals surface area (Å²) in [5.41, 5.74) is 0. The Morgan fingerprint density at radius 3 is 1.67 bits per heavy atom. The van der Waals surface area contributed by atoms with E-state index in [1.165, 1.54) is 0 Å². The van der Waals surface area contributed by atoms with Crippen molar-refractivity contribution in [3.63, 3.8) is 0 Å². The van der Waals surface area contributed by atoms with Gasteiger partial charge in [-0.1, -0.05) is 93.9 Å². The zero-order valence-electron chi connectivity index (χ0n) is 13.4. The van der Waals surface area contributed by atoms with E-state index in [4.69, 9.17) is 79.1 Å². The average Bonchev–Trinajstić information content (AvgIpc) is 2.60. The number of hydrogen-bond acceptors (Lipinski definition) is 5. The summed E-state index contributed by atoms with van der Waals surface area (Å²) in [6.45, 7) is 0. The quantitative estimate of drug-likeness (QED) is 0.396. The molecule has 3 aromatic rings. The fraction of sp³-hybridized carbons (Fsp3) is 0.188. The van der Waals surface area contributed by atoms with E-state index in [2.05, 4.69) is 15.0 Å². The van der Waals surface area contributed by atoms with Crippen molar-refractivity contribution in [3.05, 3.63) is 48.0 Å². The molecule has 0 aliphatic heterocycles. The lowest BCUT2D eigenvalue weighted by molar-refractivity contribution is 0.416. The van der Waals surface area contributed by atoms with Crippen molar-refractivity contribution < 1.29 is 9.47 Å². The molecule has 3 rings (SSSR count). The van der Waals surface area contributed by atoms with Crippen LogP contribution in [0, 0.1) is 0 Å². The summed E-state index contributed by atoms with van der Waals surface area (Å²) in [5, 5.41) is 1.58. The lowest BCUT2D eigenvalue weighted by Crippen LogP contribution is -2.16. The molecular formula is C16H9Cl6N3O2. The largest absolute Gasteiger partial charge is 0.496 e. The first-order valence-corrected chi connectivity index (χ1v) is 9.50. The van der Waals surface area contributed by atoms with Crippen LogP contribution in [0.3, 0.4) is 0 Å². The SMILES string of the molecule is COc1ccc(Oc2nc(C(Cl)(Cl)Cl)nc(C(Cl)(Cl)Cl)n2)c2ccccc12. The first-order chi connectivity index (χ1) is 12.6. The minimum Gasteiger partial charge on any atom is -0.496 e. The van der Waals surface area contributed by atoms with E-state index in [-0.39, 0.29) is 17.7 Å². The predicted octanol–water partition coefficient (Wildman–Crippen LogP) is 6.48. The minimum atomic E-state index is -1.96. The molecule has 0 aliphatic rings. The van der Waals surface area contributed by atoms with Crippen molar-refractivity contribution in [3.8, 4) is 17.5 Å². The van der Waals surface area contributed by atoms with Gasteiger partial charge in [0.1, 0.15) is 11.5 Å². The molecule has 0 atom stereocenters. The smallest absolute Gasteiger partial charge is 0.325 e. The highest BCUT2D eigenvalue weighted by molar-refractivity contribution is 6.67. The Morgan fingerprint density at radius 2 is 1.19 bits per heavy atom. The molecular weight excluding hydrogens is 479 g/mol. The van der Waals surface area contributed by atoms with Gasteiger partial charge in [0.25, 0.3) is 0 Å². The number of aromatic nitrogens is 3. The van der Waals surface area contributed by atoms with Crippen LogP contribution in [0.2, 0.25) is 0 Å². The standard InChI is InChI=1S/C16H9Cl6N3O2/c1-26-10-6-7-11(9-5-3-2-4-8(9)10)27-14-24-12(15(17,18)19)23-13(25-14)16(20,21)22/h2-7H,1H3. The lowest BCUT2D eigenvalue weighted by atomic mass is 10.1. The van der Waals surface area contributed by atoms with E-state index < -0.39 is 7.59 Å². The van der Waals surface area contributed by atoms with Crippen LogP contribution in [0.1, 0.15) is 11.6 Å². The van der Waals surface area contributed by atoms with Gasteiger partial charge in [-0.3, -0.25) is 0 Å². The molecule has 0 amide bonds. The van der Waals surface area contributed by atoms with Gasteiger partial charge in [-0.05, 0) is 12.1 Å². The van der Waals surface area contributed by atoms with E-state index in [1.54, 1.807) is 19.2 Å². The van der Waals surface area contributed by atoms with Crippen molar-refractivity contribution >= 4 is 80.4 Å². The van der Waals surface area contributed by atoms with Gasteiger partial charge in [-0.15, -0.1) is 0 Å². The Bertz CT molecular complexity index is 956. The molecule has 0 unspecified atom stereocenters. The van der Waals surface area contributed by atoms with Crippen molar-refractivity contribution in [1.82, 2.24) is 15.0 Å². The highest BCUT2D eigenvalue weighted by Gasteiger charge is 2.34. The Hall–Kier alpha value is -0.950. The molecule has 0 saturated heterocycles. The van der Waals surface area contributed by atoms with Crippen LogP contribution in [0.15, 0.2) is 36.4 Å². The molecule has 1 aromatic heterocycles. The number of hydrogen-bond donors (Lipinski definition) is 0. The van der Waals surface area contributed by atoms with Crippen molar-refractivity contribution in [2.45, 2.75) is 7.59 Å². The Labute approximate surface area is 184 Å². The lowest BCUT2D eigenvalue weighted by Gasteiger charge is -2.16. The van der Waals surface area contributed by atoms with Crippen molar-refractivity contribution in [2.24, 2.45) is 0 Å². The van der Waals surface area contributed by atoms with Gasteiger partial charge in [-0.2, -0.15) is 9.97 Å². The molecule has 1 heterocycles. The number of nitrogens with zero attached hydrogens (tertiary/aromatic N) is 3. The number of benzene rings is 2. The first-order valence-electron chi connectivity index (χ1n) is 7.23. The molecule has 5 nitrogen and oxygen atoms in total. The van der Waals surface area contributed by atoms with Crippen LogP contribution >= 0.6 is 69.6 Å². The first kappa shape index (κ1) is 20.8. The Morgan fingerprint density at radius 1 is 0.704 bits per heavy atom. The summed E-state index contributed by atoms with van der Waals surface area (Å²) in [4.78, 5) is 11.9. The molecule has 0 N–H and O–H groups in total. The fourth-order valence-electron chi connectivity index (χ4n) is 2.26. The van der Waals surface area contributed by atoms with Crippen LogP contribution < -0.4 is 9.47 Å². The molecule has 0 bridgehead atoms. The summed E-state index contributed by atoms with van der Waals surface area (Å²) in [7, 11) is 1.58. The van der Waals surface area contributed by atoms with E-state index >= 15 is 0 Å². The molecule has 0 fully saturated rings. The van der Waals surface area contributed by atoms with Gasteiger partial charge in [0.2, 0.25) is 7.59 Å². The van der Waals surface area contributed by atoms with Gasteiger partial charge in [0.05, 0.1) is 7.11 Å². The number of fused-ring (bicyclic) bond motifs is 1. The van der Waals surface area contributed by atoms with Gasteiger partial charge in [0.15, 0.2) is 11.6 Å². The third-order valence-electron chi connectivity index (χ3n) is 3.39. The zero-order chi connectivity index (χ0) is 19.8. The topological polar surface area (TPSA) is 57.1 Å². The molecule has 0 spiro atoms. The van der Waals surface area contributed by atoms with Crippen LogP contribution in [0.4, 0.5) is 0 Å². The van der Waals surface area contributed by atoms with Crippen LogP contribution in [-0.4, -0.2) is 22.1 Å². The second-order valence-corrected chi connectivity index (χ2v) is 9.74. The van der Waals surface area contributed by atoms with E-state index in [9.17, 15) is 0 Å². The molecule has 0 saturated carbocycles. The highest BCUT2D eigenvalue weighted by Crippen LogP contribution is 2.41. The third kappa shape index (κ3) is 4.73. The number of halogens is 6. The van der Waals surface area contributed by atoms with E-state index in [0.717, 1.165) is 10.8 Å². The highest BCUT2D eigenvalue weighted by atomic mass is 35.6. The monoisotopic (exact) mass is 485 g/mol. The molecule has 11 heteroatoms. The number of methoxy groups -OCH3 is 1. The van der Waals surface area contributed by atoms with Gasteiger partial charge >= 0.3 is 6.01 Å². The van der Waals surface area contributed by atoms with Crippen molar-refractivity contribution in [1.29, 1.82) is 0 Å². The normalized spacial score (nSPS) is 12.3. The zero-order valence-corrected chi connectivity index (χ0v) is 17.9. The van der Waals surface area contributed by atoms with E-state index in [1.807, 2.05) is 24.3 Å². The summed E-state index contributed by atoms with van der Waals surface area (Å²) < 4.78 is 7.22. The fourth-order valence-corrected chi connectivity index (χ4v) is 2.77. The molecule has 2 aromatic carbocycles. The number of alkyl halides is 6. The third-order valence-corrected chi connectivity index (χ3v) is 4.40. The summed E-state index contributed by atoms with van der Waals surface area (Å²) in [5.74, 6) is 0.633. The summed E-state index contributed by atoms with van der Waals surface area (Å²) >= 11 is 35.2. The van der Waals surface area contributed by atoms with E-state index in [0.29, 0.717) is 11.5 Å². The van der Waals surface area contributed by atoms with Gasteiger partial charge in [0, 0.05) is 10.8 Å². The van der Waals surface area contributed by atoms with Crippen LogP contribution in [0.5, 0.6) is 17.5 Å². The average molecular weight is 488 g/mol. The maximum Gasteiger partial charge on any atom is 0.325 e. The molecule has 0 aliphatic carbocycles. The van der Waals surface area contributed by atoms with Crippen LogP contribution in [-0.2, 0) is 7.59 Å². The van der Waals surface area contributed by atoms with Gasteiger partial charge in [-0.25, -0.2) is 4.98 Å². The Kier molecular flexibility index (Phi) is 6.02. The van der Waals surface area contributed by atoms with Gasteiger partial charge < -0.3 is 9.47 Å². The molecule has 27 heavy (non-hydrogen) atoms. The summed E-state index contributed by atoms with van der Waals surface area (Å²) in [6.07, 6.45) is 0. The summed E-state index contributed by atoms with van der Waals surface area (Å²) in [6, 6.07) is 10.7. The molecule has 0 radical (unpaired) electrons. The maximum atomic E-state index is 5.87. The second-order valence-electron chi connectivity index (χ2n) is 5.17. The maximum absolute atomic E-state index is 5.87. The number of ether oxygens (including phenoxy) is 2. The van der Waals surface area contributed by atoms with Crippen molar-refractivity contribution in [2.75, 3.05) is 7.11 Å².